The van der Waals surface area contributed by atoms with Gasteiger partial charge in [0.1, 0.15) is 5.75 Å². The first-order valence-electron chi connectivity index (χ1n) is 10.3. The molecule has 0 aliphatic rings. The summed E-state index contributed by atoms with van der Waals surface area (Å²) in [7, 11) is 0. The van der Waals surface area contributed by atoms with Crippen molar-refractivity contribution in [3.05, 3.63) is 54.1 Å². The van der Waals surface area contributed by atoms with Gasteiger partial charge in [-0.05, 0) is 42.7 Å². The number of carboxylic acid groups (broad SMARTS) is 1. The Morgan fingerprint density at radius 3 is 1.88 bits per heavy atom. The Labute approximate surface area is 187 Å². The van der Waals surface area contributed by atoms with Crippen molar-refractivity contribution in [3.8, 4) is 5.75 Å². The molecule has 0 aliphatic heterocycles. The number of nitrogens with one attached hydrogen (secondary N) is 3. The molecule has 9 heteroatoms. The van der Waals surface area contributed by atoms with Crippen molar-refractivity contribution >= 4 is 23.7 Å². The summed E-state index contributed by atoms with van der Waals surface area (Å²) in [4.78, 5) is 46.7. The lowest BCUT2D eigenvalue weighted by molar-refractivity contribution is -0.142. The average Bonchev–Trinajstić information content (AvgIpc) is 2.78. The zero-order chi connectivity index (χ0) is 24.3. The van der Waals surface area contributed by atoms with E-state index < -0.39 is 29.6 Å². The van der Waals surface area contributed by atoms with Crippen LogP contribution >= 0.6 is 0 Å². The number of carbonyl (C=O) groups is 4. The van der Waals surface area contributed by atoms with Gasteiger partial charge in [-0.1, -0.05) is 27.0 Å². The molecular formula is C23H31N3O6. The summed E-state index contributed by atoms with van der Waals surface area (Å²) in [5, 5.41) is 27.6. The van der Waals surface area contributed by atoms with Crippen LogP contribution in [0.25, 0.3) is 0 Å². The lowest BCUT2D eigenvalue weighted by atomic mass is 9.93. The summed E-state index contributed by atoms with van der Waals surface area (Å²) in [6, 6.07) is 3.28. The van der Waals surface area contributed by atoms with Crippen LogP contribution in [0.15, 0.2) is 37.4 Å². The van der Waals surface area contributed by atoms with E-state index in [1.165, 1.54) is 0 Å². The Bertz CT molecular complexity index is 835. The Hall–Kier alpha value is -3.62. The largest absolute Gasteiger partial charge is 0.507 e. The highest BCUT2D eigenvalue weighted by Crippen LogP contribution is 2.25. The van der Waals surface area contributed by atoms with Crippen molar-refractivity contribution in [1.29, 1.82) is 0 Å². The molecule has 0 aromatic heterocycles. The molecule has 9 nitrogen and oxygen atoms in total. The Kier molecular flexibility index (Phi) is 10.7. The zero-order valence-electron chi connectivity index (χ0n) is 18.4. The fourth-order valence-corrected chi connectivity index (χ4v) is 3.03. The molecule has 3 amide bonds. The topological polar surface area (TPSA) is 145 Å². The van der Waals surface area contributed by atoms with Crippen molar-refractivity contribution in [2.24, 2.45) is 11.8 Å². The van der Waals surface area contributed by atoms with Gasteiger partial charge in [-0.2, -0.15) is 0 Å². The molecule has 0 radical (unpaired) electrons. The van der Waals surface area contributed by atoms with Gasteiger partial charge in [-0.15, -0.1) is 0 Å². The molecule has 174 valence electrons. The first kappa shape index (κ1) is 26.4. The second-order valence-corrected chi connectivity index (χ2v) is 7.40. The van der Waals surface area contributed by atoms with Crippen molar-refractivity contribution in [2.45, 2.75) is 46.3 Å². The van der Waals surface area contributed by atoms with E-state index >= 15 is 0 Å². The summed E-state index contributed by atoms with van der Waals surface area (Å²) in [5.41, 5.74) is 1.45. The van der Waals surface area contributed by atoms with E-state index in [9.17, 15) is 24.3 Å². The number of carbonyl (C=O) groups excluding carboxylic acids is 3. The van der Waals surface area contributed by atoms with E-state index in [1.807, 2.05) is 6.92 Å². The Morgan fingerprint density at radius 1 is 0.969 bits per heavy atom. The highest BCUT2D eigenvalue weighted by Gasteiger charge is 2.23. The predicted octanol–water partition coefficient (Wildman–Crippen LogP) is 1.75. The smallest absolute Gasteiger partial charge is 0.306 e. The molecule has 1 aromatic carbocycles. The minimum Gasteiger partial charge on any atom is -0.507 e. The standard InChI is InChI=1S/C23H31N3O6/c1-5-16(8-14(4)23(31)32)22(30)26-11-15-9-17(12-24-19(27)6-2)21(29)18(10-15)13-25-20(28)7-3/h6-7,9-10,14,16,29H,2-3,5,8,11-13H2,1,4H3,(H,24,27)(H,25,28)(H,26,30)(H,31,32). The van der Waals surface area contributed by atoms with Crippen LogP contribution in [-0.4, -0.2) is 33.9 Å². The molecule has 1 rings (SSSR count). The van der Waals surface area contributed by atoms with E-state index in [0.717, 1.165) is 12.2 Å². The fraction of sp³-hybridized carbons (Fsp3) is 0.391. The normalized spacial score (nSPS) is 12.2. The third-order valence-corrected chi connectivity index (χ3v) is 4.99. The third kappa shape index (κ3) is 8.25. The van der Waals surface area contributed by atoms with Crippen molar-refractivity contribution in [3.63, 3.8) is 0 Å². The van der Waals surface area contributed by atoms with Gasteiger partial charge in [0, 0.05) is 36.7 Å². The molecule has 2 atom stereocenters. The molecular weight excluding hydrogens is 414 g/mol. The van der Waals surface area contributed by atoms with Gasteiger partial charge < -0.3 is 26.2 Å². The van der Waals surface area contributed by atoms with Crippen LogP contribution in [0.2, 0.25) is 0 Å². The summed E-state index contributed by atoms with van der Waals surface area (Å²) in [6.07, 6.45) is 2.94. The molecule has 1 aromatic rings. The van der Waals surface area contributed by atoms with Crippen LogP contribution in [0, 0.1) is 11.8 Å². The molecule has 32 heavy (non-hydrogen) atoms. The second kappa shape index (κ2) is 12.9. The molecule has 0 heterocycles. The number of phenols is 1. The molecule has 0 fully saturated rings. The summed E-state index contributed by atoms with van der Waals surface area (Å²) < 4.78 is 0. The number of rotatable bonds is 13. The lowest BCUT2D eigenvalue weighted by Crippen LogP contribution is -2.32. The van der Waals surface area contributed by atoms with Crippen molar-refractivity contribution in [1.82, 2.24) is 16.0 Å². The minimum atomic E-state index is -0.952. The number of benzene rings is 1. The number of carboxylic acids is 1. The maximum absolute atomic E-state index is 12.6. The lowest BCUT2D eigenvalue weighted by Gasteiger charge is -2.18. The van der Waals surface area contributed by atoms with Gasteiger partial charge in [-0.3, -0.25) is 19.2 Å². The number of amides is 3. The maximum atomic E-state index is 12.6. The van der Waals surface area contributed by atoms with E-state index in [0.29, 0.717) is 23.1 Å². The fourth-order valence-electron chi connectivity index (χ4n) is 3.03. The van der Waals surface area contributed by atoms with E-state index in [-0.39, 0.29) is 37.7 Å². The minimum absolute atomic E-state index is 0.0224. The third-order valence-electron chi connectivity index (χ3n) is 4.99. The highest BCUT2D eigenvalue weighted by atomic mass is 16.4. The number of hydrogen-bond acceptors (Lipinski definition) is 5. The molecule has 0 saturated heterocycles. The Morgan fingerprint density at radius 2 is 1.47 bits per heavy atom. The summed E-state index contributed by atoms with van der Waals surface area (Å²) in [5.74, 6) is -3.22. The zero-order valence-corrected chi connectivity index (χ0v) is 18.4. The highest BCUT2D eigenvalue weighted by molar-refractivity contribution is 5.87. The van der Waals surface area contributed by atoms with Crippen molar-refractivity contribution < 1.29 is 29.4 Å². The van der Waals surface area contributed by atoms with E-state index in [1.54, 1.807) is 19.1 Å². The molecule has 0 aliphatic carbocycles. The number of aromatic hydroxyl groups is 1. The summed E-state index contributed by atoms with van der Waals surface area (Å²) in [6.45, 7) is 10.3. The number of phenolic OH excluding ortho intramolecular Hbond substituents is 1. The van der Waals surface area contributed by atoms with Crippen LogP contribution in [0.5, 0.6) is 5.75 Å². The number of hydrogen-bond donors (Lipinski definition) is 5. The SMILES string of the molecule is C=CC(=O)NCc1cc(CNC(=O)C(CC)CC(C)C(=O)O)cc(CNC(=O)C=C)c1O. The average molecular weight is 446 g/mol. The molecule has 2 unspecified atom stereocenters. The molecule has 0 bridgehead atoms. The predicted molar refractivity (Wildman–Crippen MR) is 119 cm³/mol. The van der Waals surface area contributed by atoms with E-state index in [4.69, 9.17) is 5.11 Å². The second-order valence-electron chi connectivity index (χ2n) is 7.40. The molecule has 5 N–H and O–H groups in total. The van der Waals surface area contributed by atoms with E-state index in [2.05, 4.69) is 29.1 Å². The first-order valence-corrected chi connectivity index (χ1v) is 10.3. The van der Waals surface area contributed by atoms with Crippen LogP contribution in [-0.2, 0) is 38.8 Å². The van der Waals surface area contributed by atoms with Gasteiger partial charge in [0.2, 0.25) is 17.7 Å². The monoisotopic (exact) mass is 445 g/mol. The van der Waals surface area contributed by atoms with Crippen LogP contribution in [0.3, 0.4) is 0 Å². The van der Waals surface area contributed by atoms with Gasteiger partial charge >= 0.3 is 5.97 Å². The molecule has 0 spiro atoms. The van der Waals surface area contributed by atoms with Crippen LogP contribution in [0.4, 0.5) is 0 Å². The maximum Gasteiger partial charge on any atom is 0.306 e. The molecule has 0 saturated carbocycles. The quantitative estimate of drug-likeness (QED) is 0.293. The van der Waals surface area contributed by atoms with Gasteiger partial charge in [0.25, 0.3) is 0 Å². The van der Waals surface area contributed by atoms with Crippen LogP contribution in [0.1, 0.15) is 43.4 Å². The van der Waals surface area contributed by atoms with Gasteiger partial charge in [-0.25, -0.2) is 0 Å². The Balaban J connectivity index is 3.02. The van der Waals surface area contributed by atoms with Gasteiger partial charge in [0.05, 0.1) is 5.92 Å². The number of aliphatic carboxylic acids is 1. The van der Waals surface area contributed by atoms with Crippen LogP contribution < -0.4 is 16.0 Å². The first-order chi connectivity index (χ1) is 15.1. The van der Waals surface area contributed by atoms with Crippen molar-refractivity contribution in [2.75, 3.05) is 0 Å². The summed E-state index contributed by atoms with van der Waals surface area (Å²) >= 11 is 0. The van der Waals surface area contributed by atoms with Gasteiger partial charge in [0.15, 0.2) is 0 Å².